The highest BCUT2D eigenvalue weighted by Crippen LogP contribution is 2.41. The SMILES string of the molecule is Nc1nn2c(c1C(=O)NC1CNC(C3CCCCCCCC3)C(F)C1N1CCN(C(=O)CN3CCCC3)CC1)NCC(F)C2C1CCCCCCCCC1. The standard InChI is InChI=1S/C41H69F2N9O2/c42-31-26-46-40-34(39(44)48-52(40)37(31)30-18-12-8-2-1-3-9-13-19-30)41(54)47-32-27-45-36(29-16-10-6-4-5-7-11-17-29)35(43)38(32)51-24-22-50(23-25-51)33(53)28-49-20-14-15-21-49/h29-32,35-38,45-46H,1-28H2,(H2,44,48)(H,47,54). The van der Waals surface area contributed by atoms with E-state index >= 15 is 8.78 Å². The molecule has 6 unspecified atom stereocenters. The van der Waals surface area contributed by atoms with Crippen LogP contribution in [0.15, 0.2) is 0 Å². The maximum atomic E-state index is 17.3. The molecule has 0 radical (unpaired) electrons. The second kappa shape index (κ2) is 19.1. The Morgan fingerprint density at radius 3 is 1.91 bits per heavy atom. The first-order valence-electron chi connectivity index (χ1n) is 22.1. The van der Waals surface area contributed by atoms with Gasteiger partial charge >= 0.3 is 0 Å². The molecular weight excluding hydrogens is 689 g/mol. The van der Waals surface area contributed by atoms with E-state index in [-0.39, 0.29) is 41.7 Å². The summed E-state index contributed by atoms with van der Waals surface area (Å²) in [5, 5.41) is 14.6. The van der Waals surface area contributed by atoms with Gasteiger partial charge in [-0.2, -0.15) is 5.10 Å². The molecule has 5 fully saturated rings. The number of carbonyl (C=O) groups excluding carboxylic acids is 2. The normalized spacial score (nSPS) is 32.1. The lowest BCUT2D eigenvalue weighted by Gasteiger charge is -2.49. The Morgan fingerprint density at radius 1 is 0.722 bits per heavy atom. The molecule has 1 aromatic rings. The van der Waals surface area contributed by atoms with E-state index in [1.165, 1.54) is 44.9 Å². The lowest BCUT2D eigenvalue weighted by molar-refractivity contribution is -0.134. The molecule has 1 aromatic heterocycles. The summed E-state index contributed by atoms with van der Waals surface area (Å²) < 4.78 is 34.8. The Labute approximate surface area is 322 Å². The van der Waals surface area contributed by atoms with E-state index in [0.717, 1.165) is 90.1 Å². The van der Waals surface area contributed by atoms with Crippen molar-refractivity contribution in [3.05, 3.63) is 5.56 Å². The Hall–Kier alpha value is -2.51. The van der Waals surface area contributed by atoms with Crippen LogP contribution in [0, 0.1) is 11.8 Å². The number of nitrogens with one attached hydrogen (secondary N) is 3. The molecule has 3 saturated heterocycles. The van der Waals surface area contributed by atoms with Gasteiger partial charge in [-0.05, 0) is 63.5 Å². The first-order chi connectivity index (χ1) is 26.4. The van der Waals surface area contributed by atoms with Crippen LogP contribution in [0.4, 0.5) is 20.4 Å². The molecule has 54 heavy (non-hydrogen) atoms. The van der Waals surface area contributed by atoms with Crippen molar-refractivity contribution in [2.24, 2.45) is 11.8 Å². The minimum atomic E-state index is -1.19. The number of nitrogens with zero attached hydrogens (tertiary/aromatic N) is 5. The number of likely N-dealkylation sites (tertiary alicyclic amines) is 1. The number of nitrogens with two attached hydrogens (primary N) is 1. The zero-order chi connectivity index (χ0) is 37.4. The summed E-state index contributed by atoms with van der Waals surface area (Å²) in [6.07, 6.45) is 19.3. The number of fused-ring (bicyclic) bond motifs is 1. The summed E-state index contributed by atoms with van der Waals surface area (Å²) in [6, 6.07) is -1.82. The van der Waals surface area contributed by atoms with Gasteiger partial charge in [-0.1, -0.05) is 83.5 Å². The third-order valence-electron chi connectivity index (χ3n) is 13.9. The predicted octanol–water partition coefficient (Wildman–Crippen LogP) is 5.68. The second-order valence-electron chi connectivity index (χ2n) is 17.6. The van der Waals surface area contributed by atoms with Gasteiger partial charge in [0.05, 0.1) is 24.7 Å². The number of piperidine rings is 1. The third-order valence-corrected chi connectivity index (χ3v) is 13.9. The van der Waals surface area contributed by atoms with E-state index in [4.69, 9.17) is 5.73 Å². The quantitative estimate of drug-likeness (QED) is 0.281. The van der Waals surface area contributed by atoms with Crippen LogP contribution in [0.3, 0.4) is 0 Å². The van der Waals surface area contributed by atoms with Crippen molar-refractivity contribution in [2.75, 3.05) is 70.0 Å². The fraction of sp³-hybridized carbons (Fsp3) is 0.878. The van der Waals surface area contributed by atoms with Gasteiger partial charge < -0.3 is 26.6 Å². The van der Waals surface area contributed by atoms with Crippen LogP contribution < -0.4 is 21.7 Å². The highest BCUT2D eigenvalue weighted by molar-refractivity contribution is 6.03. The van der Waals surface area contributed by atoms with Gasteiger partial charge in [0, 0.05) is 45.3 Å². The molecule has 6 aliphatic rings. The van der Waals surface area contributed by atoms with E-state index < -0.39 is 36.4 Å². The summed E-state index contributed by atoms with van der Waals surface area (Å²) in [7, 11) is 0. The number of nitrogen functional groups attached to an aromatic ring is 1. The number of hydrogen-bond donors (Lipinski definition) is 4. The van der Waals surface area contributed by atoms with Crippen LogP contribution in [-0.2, 0) is 4.79 Å². The van der Waals surface area contributed by atoms with Gasteiger partial charge in [0.15, 0.2) is 5.82 Å². The zero-order valence-electron chi connectivity index (χ0n) is 32.8. The molecule has 11 nitrogen and oxygen atoms in total. The van der Waals surface area contributed by atoms with E-state index in [1.54, 1.807) is 4.68 Å². The summed E-state index contributed by atoms with van der Waals surface area (Å²) in [5.74, 6) is 0.693. The molecule has 2 aliphatic carbocycles. The molecule has 4 aliphatic heterocycles. The molecule has 0 bridgehead atoms. The van der Waals surface area contributed by atoms with Gasteiger partial charge in [-0.15, -0.1) is 0 Å². The fourth-order valence-corrected chi connectivity index (χ4v) is 10.9. The van der Waals surface area contributed by atoms with Crippen molar-refractivity contribution in [3.8, 4) is 0 Å². The number of rotatable bonds is 7. The first-order valence-corrected chi connectivity index (χ1v) is 22.1. The minimum Gasteiger partial charge on any atom is -0.381 e. The molecule has 6 atom stereocenters. The number of halogens is 2. The highest BCUT2D eigenvalue weighted by atomic mass is 19.1. The molecule has 5 heterocycles. The van der Waals surface area contributed by atoms with Crippen LogP contribution >= 0.6 is 0 Å². The van der Waals surface area contributed by atoms with Gasteiger partial charge in [0.25, 0.3) is 5.91 Å². The van der Waals surface area contributed by atoms with E-state index in [0.29, 0.717) is 45.1 Å². The topological polar surface area (TPSA) is 124 Å². The Morgan fingerprint density at radius 2 is 1.30 bits per heavy atom. The van der Waals surface area contributed by atoms with E-state index in [2.05, 4.69) is 30.8 Å². The largest absolute Gasteiger partial charge is 0.381 e. The number of alkyl halides is 2. The second-order valence-corrected chi connectivity index (χ2v) is 17.6. The monoisotopic (exact) mass is 758 g/mol. The van der Waals surface area contributed by atoms with Crippen LogP contribution in [0.25, 0.3) is 0 Å². The summed E-state index contributed by atoms with van der Waals surface area (Å²) in [5.41, 5.74) is 6.77. The van der Waals surface area contributed by atoms with Crippen molar-refractivity contribution < 1.29 is 18.4 Å². The Balaban J connectivity index is 1.08. The lowest BCUT2D eigenvalue weighted by atomic mass is 9.80. The van der Waals surface area contributed by atoms with E-state index in [9.17, 15) is 9.59 Å². The van der Waals surface area contributed by atoms with Crippen LogP contribution in [0.1, 0.15) is 138 Å². The Kier molecular flexibility index (Phi) is 14.0. The molecule has 5 N–H and O–H groups in total. The average molecular weight is 758 g/mol. The summed E-state index contributed by atoms with van der Waals surface area (Å²) in [6.45, 7) is 5.20. The molecular formula is C41H69F2N9O2. The molecule has 0 aromatic carbocycles. The van der Waals surface area contributed by atoms with Gasteiger partial charge in [-0.25, -0.2) is 13.5 Å². The Bertz CT molecular complexity index is 1350. The van der Waals surface area contributed by atoms with Crippen molar-refractivity contribution >= 4 is 23.5 Å². The maximum Gasteiger partial charge on any atom is 0.259 e. The van der Waals surface area contributed by atoms with Crippen LogP contribution in [0.2, 0.25) is 0 Å². The van der Waals surface area contributed by atoms with Crippen molar-refractivity contribution in [2.45, 2.75) is 159 Å². The van der Waals surface area contributed by atoms with Gasteiger partial charge in [0.1, 0.15) is 23.7 Å². The van der Waals surface area contributed by atoms with Crippen molar-refractivity contribution in [1.29, 1.82) is 0 Å². The number of aromatic nitrogens is 2. The molecule has 7 rings (SSSR count). The molecule has 2 amide bonds. The summed E-state index contributed by atoms with van der Waals surface area (Å²) in [4.78, 5) is 33.9. The van der Waals surface area contributed by atoms with E-state index in [1.807, 2.05) is 4.90 Å². The number of carbonyl (C=O) groups is 2. The number of anilines is 2. The zero-order valence-corrected chi connectivity index (χ0v) is 32.8. The maximum absolute atomic E-state index is 17.3. The molecule has 2 saturated carbocycles. The van der Waals surface area contributed by atoms with Gasteiger partial charge in [-0.3, -0.25) is 19.4 Å². The molecule has 13 heteroatoms. The van der Waals surface area contributed by atoms with Crippen LogP contribution in [0.5, 0.6) is 0 Å². The predicted molar refractivity (Wildman–Crippen MR) is 210 cm³/mol. The molecule has 0 spiro atoms. The molecule has 304 valence electrons. The van der Waals surface area contributed by atoms with Crippen molar-refractivity contribution in [3.63, 3.8) is 0 Å². The number of piperazine rings is 1. The highest BCUT2D eigenvalue weighted by Gasteiger charge is 2.47. The number of hydrogen-bond acceptors (Lipinski definition) is 8. The van der Waals surface area contributed by atoms with Gasteiger partial charge in [0.2, 0.25) is 5.91 Å². The smallest absolute Gasteiger partial charge is 0.259 e. The summed E-state index contributed by atoms with van der Waals surface area (Å²) >= 11 is 0. The van der Waals surface area contributed by atoms with Crippen molar-refractivity contribution in [1.82, 2.24) is 35.1 Å². The fourth-order valence-electron chi connectivity index (χ4n) is 10.9. The first kappa shape index (κ1) is 39.7. The van der Waals surface area contributed by atoms with Crippen LogP contribution in [-0.4, -0.2) is 126 Å². The number of amides is 2. The lowest BCUT2D eigenvalue weighted by Crippen LogP contribution is -2.71. The minimum absolute atomic E-state index is 0.0830. The third kappa shape index (κ3) is 9.36. The average Bonchev–Trinajstić information content (AvgIpc) is 3.84.